The molecule has 2 N–H and O–H groups in total. The first-order valence-corrected chi connectivity index (χ1v) is 8.00. The molecule has 0 spiro atoms. The molecule has 2 rings (SSSR count). The van der Waals surface area contributed by atoms with E-state index in [0.717, 1.165) is 12.1 Å². The first kappa shape index (κ1) is 15.9. The second-order valence-electron chi connectivity index (χ2n) is 4.16. The van der Waals surface area contributed by atoms with Crippen molar-refractivity contribution in [1.29, 1.82) is 0 Å². The van der Waals surface area contributed by atoms with E-state index in [1.54, 1.807) is 0 Å². The van der Waals surface area contributed by atoms with Crippen LogP contribution in [0.2, 0.25) is 0 Å². The van der Waals surface area contributed by atoms with Gasteiger partial charge in [0.2, 0.25) is 10.0 Å². The van der Waals surface area contributed by atoms with Gasteiger partial charge in [0, 0.05) is 10.0 Å². The van der Waals surface area contributed by atoms with Gasteiger partial charge in [-0.3, -0.25) is 0 Å². The molecule has 2 aromatic rings. The van der Waals surface area contributed by atoms with E-state index in [-0.39, 0.29) is 12.4 Å². The van der Waals surface area contributed by atoms with Crippen molar-refractivity contribution < 1.29 is 21.9 Å². The lowest BCUT2D eigenvalue weighted by atomic mass is 10.2. The average Bonchev–Trinajstić information content (AvgIpc) is 2.38. The molecule has 0 aliphatic carbocycles. The Morgan fingerprint density at radius 2 is 1.71 bits per heavy atom. The summed E-state index contributed by atoms with van der Waals surface area (Å²) in [5, 5.41) is 5.01. The predicted molar refractivity (Wildman–Crippen MR) is 76.2 cm³/mol. The van der Waals surface area contributed by atoms with Crippen molar-refractivity contribution in [2.75, 3.05) is 0 Å². The molecule has 0 aliphatic rings. The molecular weight excluding hydrogens is 368 g/mol. The number of halogens is 3. The van der Waals surface area contributed by atoms with Gasteiger partial charge in [-0.15, -0.1) is 0 Å². The van der Waals surface area contributed by atoms with E-state index in [4.69, 9.17) is 9.88 Å². The maximum absolute atomic E-state index is 13.1. The molecule has 0 fully saturated rings. The molecular formula is C13H10BrF2NO3S. The van der Waals surface area contributed by atoms with Crippen LogP contribution in [0.4, 0.5) is 8.78 Å². The molecule has 4 nitrogen and oxygen atoms in total. The summed E-state index contributed by atoms with van der Waals surface area (Å²) in [5.41, 5.74) is 0.598. The van der Waals surface area contributed by atoms with Crippen molar-refractivity contribution in [1.82, 2.24) is 0 Å². The third kappa shape index (κ3) is 3.99. The Bertz CT molecular complexity index is 781. The summed E-state index contributed by atoms with van der Waals surface area (Å²) < 4.78 is 54.7. The Balaban J connectivity index is 2.28. The summed E-state index contributed by atoms with van der Waals surface area (Å²) in [6, 6.07) is 7.00. The highest BCUT2D eigenvalue weighted by molar-refractivity contribution is 9.10. The summed E-state index contributed by atoms with van der Waals surface area (Å²) in [6.07, 6.45) is 0. The molecule has 0 heterocycles. The molecule has 21 heavy (non-hydrogen) atoms. The van der Waals surface area contributed by atoms with Gasteiger partial charge >= 0.3 is 0 Å². The van der Waals surface area contributed by atoms with E-state index < -0.39 is 26.6 Å². The van der Waals surface area contributed by atoms with Crippen molar-refractivity contribution >= 4 is 26.0 Å². The summed E-state index contributed by atoms with van der Waals surface area (Å²) in [7, 11) is -4.11. The van der Waals surface area contributed by atoms with Crippen molar-refractivity contribution in [3.05, 3.63) is 58.1 Å². The second-order valence-corrected chi connectivity index (χ2v) is 6.54. The first-order valence-electron chi connectivity index (χ1n) is 5.66. The summed E-state index contributed by atoms with van der Waals surface area (Å²) in [6.45, 7) is -0.0327. The molecule has 0 unspecified atom stereocenters. The highest BCUT2D eigenvalue weighted by Gasteiger charge is 2.16. The van der Waals surface area contributed by atoms with Gasteiger partial charge in [-0.25, -0.2) is 22.3 Å². The first-order chi connectivity index (χ1) is 9.77. The Kier molecular flexibility index (Phi) is 4.60. The van der Waals surface area contributed by atoms with E-state index in [1.165, 1.54) is 24.3 Å². The lowest BCUT2D eigenvalue weighted by molar-refractivity contribution is 0.296. The molecule has 112 valence electrons. The molecule has 0 aromatic heterocycles. The summed E-state index contributed by atoms with van der Waals surface area (Å²) >= 11 is 3.17. The van der Waals surface area contributed by atoms with Crippen LogP contribution in [0.5, 0.6) is 5.75 Å². The van der Waals surface area contributed by atoms with Crippen LogP contribution < -0.4 is 9.88 Å². The van der Waals surface area contributed by atoms with Crippen LogP contribution >= 0.6 is 15.9 Å². The van der Waals surface area contributed by atoms with Gasteiger partial charge in [-0.1, -0.05) is 22.0 Å². The van der Waals surface area contributed by atoms with E-state index in [1.807, 2.05) is 0 Å². The predicted octanol–water partition coefficient (Wildman–Crippen LogP) is 2.95. The normalized spacial score (nSPS) is 11.4. The maximum atomic E-state index is 13.1. The zero-order valence-electron chi connectivity index (χ0n) is 10.5. The number of hydrogen-bond donors (Lipinski definition) is 1. The third-order valence-corrected chi connectivity index (χ3v) is 4.28. The van der Waals surface area contributed by atoms with Crippen LogP contribution in [0.1, 0.15) is 5.56 Å². The summed E-state index contributed by atoms with van der Waals surface area (Å²) in [5.74, 6) is -1.23. The minimum atomic E-state index is -4.11. The Labute approximate surface area is 128 Å². The topological polar surface area (TPSA) is 69.4 Å². The molecule has 0 bridgehead atoms. The van der Waals surface area contributed by atoms with Gasteiger partial charge in [0.1, 0.15) is 28.9 Å². The van der Waals surface area contributed by atoms with Gasteiger partial charge in [0.25, 0.3) is 0 Å². The molecule has 2 aromatic carbocycles. The monoisotopic (exact) mass is 377 g/mol. The molecule has 8 heteroatoms. The van der Waals surface area contributed by atoms with Gasteiger partial charge in [0.15, 0.2) is 0 Å². The second kappa shape index (κ2) is 6.08. The van der Waals surface area contributed by atoms with Gasteiger partial charge < -0.3 is 4.74 Å². The minimum absolute atomic E-state index is 0.0327. The minimum Gasteiger partial charge on any atom is -0.487 e. The Morgan fingerprint density at radius 3 is 2.33 bits per heavy atom. The highest BCUT2D eigenvalue weighted by Crippen LogP contribution is 2.26. The fourth-order valence-corrected chi connectivity index (χ4v) is 2.77. The van der Waals surface area contributed by atoms with Crippen LogP contribution in [0, 0.1) is 11.6 Å². The maximum Gasteiger partial charge on any atom is 0.241 e. The molecule has 0 aliphatic heterocycles. The van der Waals surface area contributed by atoms with Crippen LogP contribution in [-0.2, 0) is 16.6 Å². The van der Waals surface area contributed by atoms with Crippen LogP contribution in [-0.4, -0.2) is 8.42 Å². The molecule has 0 radical (unpaired) electrons. The highest BCUT2D eigenvalue weighted by atomic mass is 79.9. The van der Waals surface area contributed by atoms with E-state index in [2.05, 4.69) is 15.9 Å². The van der Waals surface area contributed by atoms with Gasteiger partial charge in [-0.2, -0.15) is 0 Å². The van der Waals surface area contributed by atoms with E-state index in [0.29, 0.717) is 10.0 Å². The number of rotatable bonds is 4. The largest absolute Gasteiger partial charge is 0.487 e. The third-order valence-electron chi connectivity index (χ3n) is 2.61. The zero-order chi connectivity index (χ0) is 15.6. The molecule has 0 amide bonds. The zero-order valence-corrected chi connectivity index (χ0v) is 12.9. The Hall–Kier alpha value is -1.51. The number of benzene rings is 2. The van der Waals surface area contributed by atoms with Crippen LogP contribution in [0.15, 0.2) is 45.8 Å². The SMILES string of the molecule is NS(=O)(=O)c1cc(F)ccc1OCc1ccc(F)cc1Br. The lowest BCUT2D eigenvalue weighted by Crippen LogP contribution is -2.14. The van der Waals surface area contributed by atoms with Crippen molar-refractivity contribution in [3.63, 3.8) is 0 Å². The fourth-order valence-electron chi connectivity index (χ4n) is 1.62. The number of hydrogen-bond acceptors (Lipinski definition) is 3. The van der Waals surface area contributed by atoms with E-state index in [9.17, 15) is 17.2 Å². The molecule has 0 saturated carbocycles. The Morgan fingerprint density at radius 1 is 1.10 bits per heavy atom. The average molecular weight is 378 g/mol. The smallest absolute Gasteiger partial charge is 0.241 e. The number of primary sulfonamides is 1. The van der Waals surface area contributed by atoms with Gasteiger partial charge in [0.05, 0.1) is 0 Å². The number of sulfonamides is 1. The van der Waals surface area contributed by atoms with Crippen LogP contribution in [0.3, 0.4) is 0 Å². The van der Waals surface area contributed by atoms with Crippen molar-refractivity contribution in [3.8, 4) is 5.75 Å². The number of ether oxygens (including phenoxy) is 1. The number of nitrogens with two attached hydrogens (primary N) is 1. The molecule has 0 saturated heterocycles. The van der Waals surface area contributed by atoms with Crippen molar-refractivity contribution in [2.24, 2.45) is 5.14 Å². The quantitative estimate of drug-likeness (QED) is 0.890. The van der Waals surface area contributed by atoms with Crippen LogP contribution in [0.25, 0.3) is 0 Å². The van der Waals surface area contributed by atoms with Gasteiger partial charge in [-0.05, 0) is 30.3 Å². The van der Waals surface area contributed by atoms with Crippen molar-refractivity contribution in [2.45, 2.75) is 11.5 Å². The molecule has 0 atom stereocenters. The lowest BCUT2D eigenvalue weighted by Gasteiger charge is -2.11. The summed E-state index contributed by atoms with van der Waals surface area (Å²) in [4.78, 5) is -0.444. The standard InChI is InChI=1S/C13H10BrF2NO3S/c14-11-5-9(15)2-1-8(11)7-20-12-4-3-10(16)6-13(12)21(17,18)19/h1-6H,7H2,(H2,17,18,19). The fraction of sp³-hybridized carbons (Fsp3) is 0.0769. The van der Waals surface area contributed by atoms with E-state index >= 15 is 0 Å².